The van der Waals surface area contributed by atoms with E-state index >= 15 is 0 Å². The lowest BCUT2D eigenvalue weighted by atomic mass is 9.93. The molecule has 0 radical (unpaired) electrons. The van der Waals surface area contributed by atoms with Gasteiger partial charge < -0.3 is 5.32 Å². The van der Waals surface area contributed by atoms with Crippen molar-refractivity contribution in [1.29, 1.82) is 0 Å². The molecule has 0 aromatic carbocycles. The number of pyridine rings is 1. The van der Waals surface area contributed by atoms with Crippen LogP contribution in [0.5, 0.6) is 0 Å². The number of aromatic nitrogens is 1. The first-order chi connectivity index (χ1) is 5.95. The number of hydrogen-bond donors (Lipinski definition) is 1. The third-order valence-corrected chi connectivity index (χ3v) is 2.45. The van der Waals surface area contributed by atoms with E-state index in [0.29, 0.717) is 0 Å². The number of nitrogens with zero attached hydrogens (tertiary/aromatic N) is 1. The second-order valence-corrected chi connectivity index (χ2v) is 3.36. The SMILES string of the molecule is c1cc(CNC2CCC2)ccn1. The summed E-state index contributed by atoms with van der Waals surface area (Å²) in [5.74, 6) is 0. The molecule has 1 fully saturated rings. The quantitative estimate of drug-likeness (QED) is 0.732. The zero-order chi connectivity index (χ0) is 8.23. The van der Waals surface area contributed by atoms with Crippen LogP contribution in [0, 0.1) is 0 Å². The Labute approximate surface area is 73.0 Å². The van der Waals surface area contributed by atoms with Crippen LogP contribution in [0.25, 0.3) is 0 Å². The number of hydrogen-bond acceptors (Lipinski definition) is 2. The lowest BCUT2D eigenvalue weighted by molar-refractivity contribution is 0.338. The molecule has 0 bridgehead atoms. The van der Waals surface area contributed by atoms with Crippen LogP contribution in [-0.2, 0) is 6.54 Å². The third kappa shape index (κ3) is 1.83. The third-order valence-electron chi connectivity index (χ3n) is 2.45. The second kappa shape index (κ2) is 3.68. The van der Waals surface area contributed by atoms with Crippen molar-refractivity contribution < 1.29 is 0 Å². The molecule has 0 unspecified atom stereocenters. The zero-order valence-electron chi connectivity index (χ0n) is 7.16. The molecule has 64 valence electrons. The highest BCUT2D eigenvalue weighted by atomic mass is 14.9. The summed E-state index contributed by atoms with van der Waals surface area (Å²) in [5, 5.41) is 3.51. The van der Waals surface area contributed by atoms with Gasteiger partial charge in [-0.15, -0.1) is 0 Å². The maximum Gasteiger partial charge on any atom is 0.0271 e. The van der Waals surface area contributed by atoms with Gasteiger partial charge in [-0.3, -0.25) is 4.98 Å². The Hall–Kier alpha value is -0.890. The van der Waals surface area contributed by atoms with Gasteiger partial charge in [-0.05, 0) is 30.5 Å². The van der Waals surface area contributed by atoms with Crippen LogP contribution in [0.15, 0.2) is 24.5 Å². The molecule has 1 aromatic heterocycles. The van der Waals surface area contributed by atoms with Crippen LogP contribution in [0.1, 0.15) is 24.8 Å². The Morgan fingerprint density at radius 1 is 1.33 bits per heavy atom. The van der Waals surface area contributed by atoms with E-state index in [9.17, 15) is 0 Å². The van der Waals surface area contributed by atoms with Crippen LogP contribution >= 0.6 is 0 Å². The second-order valence-electron chi connectivity index (χ2n) is 3.36. The molecule has 2 nitrogen and oxygen atoms in total. The van der Waals surface area contributed by atoms with Gasteiger partial charge >= 0.3 is 0 Å². The Kier molecular flexibility index (Phi) is 2.37. The first kappa shape index (κ1) is 7.74. The van der Waals surface area contributed by atoms with Gasteiger partial charge in [-0.2, -0.15) is 0 Å². The Morgan fingerprint density at radius 2 is 2.08 bits per heavy atom. The van der Waals surface area contributed by atoms with Crippen molar-refractivity contribution >= 4 is 0 Å². The summed E-state index contributed by atoms with van der Waals surface area (Å²) in [6, 6.07) is 4.90. The molecule has 0 spiro atoms. The molecule has 2 heteroatoms. The fourth-order valence-electron chi connectivity index (χ4n) is 1.38. The fourth-order valence-corrected chi connectivity index (χ4v) is 1.38. The van der Waals surface area contributed by atoms with Crippen molar-refractivity contribution in [3.8, 4) is 0 Å². The molecule has 1 N–H and O–H groups in total. The van der Waals surface area contributed by atoms with E-state index in [1.54, 1.807) is 0 Å². The average Bonchev–Trinajstić information content (AvgIpc) is 2.04. The summed E-state index contributed by atoms with van der Waals surface area (Å²) in [6.45, 7) is 0.993. The van der Waals surface area contributed by atoms with Crippen molar-refractivity contribution in [3.05, 3.63) is 30.1 Å². The van der Waals surface area contributed by atoms with Crippen molar-refractivity contribution in [3.63, 3.8) is 0 Å². The molecular formula is C10H14N2. The topological polar surface area (TPSA) is 24.9 Å². The molecule has 1 heterocycles. The molecule has 1 aliphatic rings. The van der Waals surface area contributed by atoms with Gasteiger partial charge in [-0.25, -0.2) is 0 Å². The summed E-state index contributed by atoms with van der Waals surface area (Å²) < 4.78 is 0. The van der Waals surface area contributed by atoms with Gasteiger partial charge in [0.15, 0.2) is 0 Å². The highest BCUT2D eigenvalue weighted by Crippen LogP contribution is 2.18. The van der Waals surface area contributed by atoms with E-state index in [-0.39, 0.29) is 0 Å². The van der Waals surface area contributed by atoms with Gasteiger partial charge in [0, 0.05) is 25.0 Å². The van der Waals surface area contributed by atoms with Gasteiger partial charge in [0.2, 0.25) is 0 Å². The van der Waals surface area contributed by atoms with Gasteiger partial charge in [0.25, 0.3) is 0 Å². The summed E-state index contributed by atoms with van der Waals surface area (Å²) in [6.07, 6.45) is 7.79. The van der Waals surface area contributed by atoms with E-state index in [4.69, 9.17) is 0 Å². The predicted octanol–water partition coefficient (Wildman–Crippen LogP) is 1.72. The van der Waals surface area contributed by atoms with Crippen LogP contribution < -0.4 is 5.32 Å². The largest absolute Gasteiger partial charge is 0.310 e. The monoisotopic (exact) mass is 162 g/mol. The van der Waals surface area contributed by atoms with Gasteiger partial charge in [0.1, 0.15) is 0 Å². The Balaban J connectivity index is 1.79. The highest BCUT2D eigenvalue weighted by molar-refractivity contribution is 5.09. The molecule has 0 amide bonds. The fraction of sp³-hybridized carbons (Fsp3) is 0.500. The standard InChI is InChI=1S/C10H14N2/c1-2-10(3-1)12-8-9-4-6-11-7-5-9/h4-7,10,12H,1-3,8H2. The van der Waals surface area contributed by atoms with Crippen LogP contribution in [0.2, 0.25) is 0 Å². The Bertz CT molecular complexity index is 229. The van der Waals surface area contributed by atoms with Crippen molar-refractivity contribution in [1.82, 2.24) is 10.3 Å². The normalized spacial score (nSPS) is 17.3. The van der Waals surface area contributed by atoms with Crippen LogP contribution in [0.4, 0.5) is 0 Å². The number of rotatable bonds is 3. The molecule has 1 saturated carbocycles. The number of nitrogens with one attached hydrogen (secondary N) is 1. The lowest BCUT2D eigenvalue weighted by Gasteiger charge is -2.26. The van der Waals surface area contributed by atoms with Crippen molar-refractivity contribution in [2.45, 2.75) is 31.8 Å². The van der Waals surface area contributed by atoms with E-state index < -0.39 is 0 Å². The molecule has 0 atom stereocenters. The van der Waals surface area contributed by atoms with E-state index in [1.165, 1.54) is 24.8 Å². The molecule has 0 saturated heterocycles. The molecule has 12 heavy (non-hydrogen) atoms. The molecule has 0 aliphatic heterocycles. The minimum atomic E-state index is 0.776. The van der Waals surface area contributed by atoms with E-state index in [1.807, 2.05) is 12.4 Å². The summed E-state index contributed by atoms with van der Waals surface area (Å²) in [7, 11) is 0. The smallest absolute Gasteiger partial charge is 0.0271 e. The van der Waals surface area contributed by atoms with Gasteiger partial charge in [0.05, 0.1) is 0 Å². The zero-order valence-corrected chi connectivity index (χ0v) is 7.16. The predicted molar refractivity (Wildman–Crippen MR) is 48.7 cm³/mol. The van der Waals surface area contributed by atoms with Crippen molar-refractivity contribution in [2.24, 2.45) is 0 Å². The van der Waals surface area contributed by atoms with Crippen molar-refractivity contribution in [2.75, 3.05) is 0 Å². The average molecular weight is 162 g/mol. The van der Waals surface area contributed by atoms with Gasteiger partial charge in [-0.1, -0.05) is 6.42 Å². The molecule has 1 aromatic rings. The Morgan fingerprint density at radius 3 is 2.67 bits per heavy atom. The maximum atomic E-state index is 3.98. The van der Waals surface area contributed by atoms with E-state index in [0.717, 1.165) is 12.6 Å². The van der Waals surface area contributed by atoms with Crippen LogP contribution in [0.3, 0.4) is 0 Å². The molecular weight excluding hydrogens is 148 g/mol. The van der Waals surface area contributed by atoms with Crippen LogP contribution in [-0.4, -0.2) is 11.0 Å². The van der Waals surface area contributed by atoms with E-state index in [2.05, 4.69) is 22.4 Å². The molecule has 2 rings (SSSR count). The molecule has 1 aliphatic carbocycles. The highest BCUT2D eigenvalue weighted by Gasteiger charge is 2.15. The first-order valence-electron chi connectivity index (χ1n) is 4.57. The lowest BCUT2D eigenvalue weighted by Crippen LogP contribution is -2.34. The summed E-state index contributed by atoms with van der Waals surface area (Å²) in [5.41, 5.74) is 1.33. The first-order valence-corrected chi connectivity index (χ1v) is 4.57. The minimum Gasteiger partial charge on any atom is -0.310 e. The minimum absolute atomic E-state index is 0.776. The maximum absolute atomic E-state index is 3.98. The summed E-state index contributed by atoms with van der Waals surface area (Å²) in [4.78, 5) is 3.98. The summed E-state index contributed by atoms with van der Waals surface area (Å²) >= 11 is 0.